The highest BCUT2D eigenvalue weighted by molar-refractivity contribution is 5.91. The lowest BCUT2D eigenvalue weighted by Gasteiger charge is -2.13. The fourth-order valence-corrected chi connectivity index (χ4v) is 5.28. The molecule has 0 saturated heterocycles. The number of aryl methyl sites for hydroxylation is 1. The second-order valence-electron chi connectivity index (χ2n) is 10.4. The van der Waals surface area contributed by atoms with Crippen molar-refractivity contribution in [3.8, 4) is 45.2 Å². The Balaban J connectivity index is 1.37. The van der Waals surface area contributed by atoms with Gasteiger partial charge in [0.05, 0.1) is 16.5 Å². The number of hydrogen-bond acceptors (Lipinski definition) is 0. The fourth-order valence-electron chi connectivity index (χ4n) is 5.28. The molecule has 0 nitrogen and oxygen atoms in total. The second kappa shape index (κ2) is 11.0. The maximum Gasteiger partial charge on any atom is 0.458 e. The zero-order valence-electron chi connectivity index (χ0n) is 23.0. The molecule has 0 aliphatic carbocycles. The van der Waals surface area contributed by atoms with Gasteiger partial charge in [0.25, 0.3) is 0 Å². The topological polar surface area (TPSA) is 0 Å². The quantitative estimate of drug-likeness (QED) is 0.136. The first-order valence-corrected chi connectivity index (χ1v) is 13.3. The zero-order chi connectivity index (χ0) is 32.2. The smallest absolute Gasteiger partial charge is 0.206 e. The summed E-state index contributed by atoms with van der Waals surface area (Å²) in [6, 6.07) is 19.4. The average Bonchev–Trinajstić information content (AvgIpc) is 2.95. The number of alkyl halides is 3. The molecule has 0 N–H and O–H groups in total. The van der Waals surface area contributed by atoms with Crippen LogP contribution in [0.1, 0.15) is 11.1 Å². The minimum atomic E-state index is -5.06. The van der Waals surface area contributed by atoms with Crippen molar-refractivity contribution < 1.29 is 39.5 Å². The number of benzene rings is 6. The van der Waals surface area contributed by atoms with Gasteiger partial charge in [0.2, 0.25) is 0 Å². The Bertz CT molecular complexity index is 2210. The van der Waals surface area contributed by atoms with Crippen molar-refractivity contribution in [2.24, 2.45) is 0 Å². The minimum Gasteiger partial charge on any atom is -0.206 e. The van der Waals surface area contributed by atoms with Crippen LogP contribution in [-0.2, 0) is 0 Å². The van der Waals surface area contributed by atoms with Crippen LogP contribution in [0, 0.1) is 53.7 Å². The Kier molecular flexibility index (Phi) is 7.32. The van der Waals surface area contributed by atoms with Crippen LogP contribution < -0.4 is 0 Å². The molecule has 0 bridgehead atoms. The van der Waals surface area contributed by atoms with Crippen molar-refractivity contribution in [3.05, 3.63) is 131 Å². The van der Waals surface area contributed by atoms with E-state index in [2.05, 4.69) is 0 Å². The molecule has 0 fully saturated rings. The van der Waals surface area contributed by atoms with Crippen LogP contribution in [0.25, 0.3) is 54.9 Å². The summed E-state index contributed by atoms with van der Waals surface area (Å²) in [6.07, 6.45) is -5.06. The normalized spacial score (nSPS) is 11.6. The molecule has 0 aliphatic heterocycles. The molecular weight excluding hydrogens is 603 g/mol. The summed E-state index contributed by atoms with van der Waals surface area (Å²) in [5.41, 5.74) is -0.417. The van der Waals surface area contributed by atoms with E-state index in [9.17, 15) is 26.3 Å². The van der Waals surface area contributed by atoms with Crippen LogP contribution in [-0.4, -0.2) is 6.18 Å². The Morgan fingerprint density at radius 3 is 1.78 bits per heavy atom. The third kappa shape index (κ3) is 5.72. The summed E-state index contributed by atoms with van der Waals surface area (Å²) >= 11 is 0. The fraction of sp³-hybridized carbons (Fsp3) is 0.0556. The van der Waals surface area contributed by atoms with Crippen molar-refractivity contribution in [1.82, 2.24) is 0 Å². The predicted molar refractivity (Wildman–Crippen MR) is 155 cm³/mol. The van der Waals surface area contributed by atoms with Gasteiger partial charge in [-0.25, -0.2) is 26.3 Å². The lowest BCUT2D eigenvalue weighted by Crippen LogP contribution is -2.03. The van der Waals surface area contributed by atoms with E-state index < -0.39 is 68.5 Å². The number of fused-ring (bicyclic) bond motifs is 2. The van der Waals surface area contributed by atoms with Gasteiger partial charge in [-0.05, 0) is 87.8 Å². The number of halogens is 9. The Morgan fingerprint density at radius 2 is 1.09 bits per heavy atom. The summed E-state index contributed by atoms with van der Waals surface area (Å²) < 4.78 is 128. The van der Waals surface area contributed by atoms with Gasteiger partial charge < -0.3 is 0 Å². The molecule has 9 heteroatoms. The maximum absolute atomic E-state index is 15.3. The zero-order valence-corrected chi connectivity index (χ0v) is 23.0. The number of hydrogen-bond donors (Lipinski definition) is 0. The molecule has 0 aliphatic rings. The van der Waals surface area contributed by atoms with Gasteiger partial charge >= 0.3 is 6.18 Å². The molecule has 0 unspecified atom stereocenters. The van der Waals surface area contributed by atoms with E-state index in [1.165, 1.54) is 18.1 Å². The SMILES string of the molecule is Cc1ccc2cc(-c3ccc(-c4cc(F)c(-c5cc(F)c6c(F)c(C#CC(F)(F)F)c(F)cc6c5)c(F)c4)c(F)c3)ccc2c1. The van der Waals surface area contributed by atoms with Crippen LogP contribution in [0.15, 0.2) is 84.9 Å². The highest BCUT2D eigenvalue weighted by Crippen LogP contribution is 2.37. The van der Waals surface area contributed by atoms with E-state index in [1.807, 2.05) is 43.3 Å². The molecule has 0 aromatic heterocycles. The summed E-state index contributed by atoms with van der Waals surface area (Å²) in [4.78, 5) is 0. The molecule has 45 heavy (non-hydrogen) atoms. The van der Waals surface area contributed by atoms with Gasteiger partial charge in [0.15, 0.2) is 5.82 Å². The minimum absolute atomic E-state index is 0.110. The van der Waals surface area contributed by atoms with Crippen LogP contribution >= 0.6 is 0 Å². The predicted octanol–water partition coefficient (Wildman–Crippen LogP) is 11.1. The van der Waals surface area contributed by atoms with Gasteiger partial charge in [0.1, 0.15) is 29.1 Å². The van der Waals surface area contributed by atoms with Gasteiger partial charge in [-0.2, -0.15) is 13.2 Å². The van der Waals surface area contributed by atoms with Gasteiger partial charge in [-0.3, -0.25) is 0 Å². The molecule has 0 amide bonds. The van der Waals surface area contributed by atoms with Crippen LogP contribution in [0.3, 0.4) is 0 Å². The molecule has 0 spiro atoms. The Hall–Kier alpha value is -5.23. The van der Waals surface area contributed by atoms with Gasteiger partial charge in [0, 0.05) is 11.5 Å². The highest BCUT2D eigenvalue weighted by Gasteiger charge is 2.25. The summed E-state index contributed by atoms with van der Waals surface area (Å²) in [5.74, 6) is -5.79. The molecule has 224 valence electrons. The Morgan fingerprint density at radius 1 is 0.511 bits per heavy atom. The van der Waals surface area contributed by atoms with E-state index in [-0.39, 0.29) is 11.1 Å². The molecule has 0 heterocycles. The molecule has 0 radical (unpaired) electrons. The van der Waals surface area contributed by atoms with E-state index in [0.29, 0.717) is 17.7 Å². The molecule has 6 rings (SSSR count). The first-order chi connectivity index (χ1) is 21.3. The van der Waals surface area contributed by atoms with Crippen LogP contribution in [0.5, 0.6) is 0 Å². The largest absolute Gasteiger partial charge is 0.458 e. The van der Waals surface area contributed by atoms with Crippen molar-refractivity contribution in [2.45, 2.75) is 13.1 Å². The third-order valence-corrected chi connectivity index (χ3v) is 7.35. The summed E-state index contributed by atoms with van der Waals surface area (Å²) in [5, 5.41) is 0.551. The van der Waals surface area contributed by atoms with E-state index in [4.69, 9.17) is 0 Å². The Labute approximate surface area is 250 Å². The summed E-state index contributed by atoms with van der Waals surface area (Å²) in [6.45, 7) is 1.97. The van der Waals surface area contributed by atoms with E-state index in [0.717, 1.165) is 46.0 Å². The third-order valence-electron chi connectivity index (χ3n) is 7.35. The second-order valence-corrected chi connectivity index (χ2v) is 10.4. The molecule has 0 atom stereocenters. The van der Waals surface area contributed by atoms with Crippen molar-refractivity contribution in [3.63, 3.8) is 0 Å². The van der Waals surface area contributed by atoms with E-state index >= 15 is 13.2 Å². The van der Waals surface area contributed by atoms with Crippen molar-refractivity contribution in [2.75, 3.05) is 0 Å². The molecular formula is C36H17F9. The molecule has 0 saturated carbocycles. The van der Waals surface area contributed by atoms with Crippen LogP contribution in [0.4, 0.5) is 39.5 Å². The van der Waals surface area contributed by atoms with E-state index in [1.54, 1.807) is 6.07 Å². The highest BCUT2D eigenvalue weighted by atomic mass is 19.4. The molecule has 6 aromatic carbocycles. The lowest BCUT2D eigenvalue weighted by molar-refractivity contribution is -0.0696. The standard InChI is InChI=1S/C36H17F9/c1-18-2-3-20-11-21(5-4-19(20)10-18)22-6-7-26(28(37)13-22)23-14-30(39)33(31(40)15-23)24-12-25-16-29(38)27(8-9-36(43,44)45)35(42)34(25)32(41)17-24/h2-7,10-17H,1H3. The maximum atomic E-state index is 15.3. The first-order valence-electron chi connectivity index (χ1n) is 13.3. The first kappa shape index (κ1) is 29.8. The average molecular weight is 621 g/mol. The van der Waals surface area contributed by atoms with Crippen LogP contribution in [0.2, 0.25) is 0 Å². The van der Waals surface area contributed by atoms with Crippen molar-refractivity contribution >= 4 is 21.5 Å². The van der Waals surface area contributed by atoms with Crippen molar-refractivity contribution in [1.29, 1.82) is 0 Å². The monoisotopic (exact) mass is 620 g/mol. The van der Waals surface area contributed by atoms with Gasteiger partial charge in [-0.15, -0.1) is 0 Å². The molecule has 6 aromatic rings. The lowest BCUT2D eigenvalue weighted by atomic mass is 9.94. The number of rotatable bonds is 3. The summed E-state index contributed by atoms with van der Waals surface area (Å²) in [7, 11) is 0. The van der Waals surface area contributed by atoms with Gasteiger partial charge in [-0.1, -0.05) is 53.9 Å².